The highest BCUT2D eigenvalue weighted by molar-refractivity contribution is 7.13. The van der Waals surface area contributed by atoms with Crippen molar-refractivity contribution in [1.29, 1.82) is 0 Å². The van der Waals surface area contributed by atoms with Crippen molar-refractivity contribution in [2.45, 2.75) is 32.9 Å². The fraction of sp³-hybridized carbons (Fsp3) is 0.400. The Morgan fingerprint density at radius 1 is 1.27 bits per heavy atom. The number of imide groups is 1. The standard InChI is InChI=1S/C20H23N3O6S/c1-5-28-14-7-6-12(8-15(14)27-4)17-21-13(11-30-17)10-29-16(24)9-23-18(25)20(2,3)22-19(23)26/h6-8,11H,5,9-10H2,1-4H3,(H,22,26). The number of aromatic nitrogens is 1. The van der Waals surface area contributed by atoms with Gasteiger partial charge in [0.25, 0.3) is 5.91 Å². The van der Waals surface area contributed by atoms with Gasteiger partial charge in [0.2, 0.25) is 0 Å². The number of amides is 3. The van der Waals surface area contributed by atoms with E-state index in [9.17, 15) is 14.4 Å². The van der Waals surface area contributed by atoms with Gasteiger partial charge < -0.3 is 19.5 Å². The monoisotopic (exact) mass is 433 g/mol. The average molecular weight is 433 g/mol. The molecule has 160 valence electrons. The molecule has 1 aliphatic rings. The van der Waals surface area contributed by atoms with Crippen molar-refractivity contribution in [2.75, 3.05) is 20.3 Å². The van der Waals surface area contributed by atoms with Gasteiger partial charge in [0.15, 0.2) is 11.5 Å². The molecule has 9 nitrogen and oxygen atoms in total. The zero-order valence-corrected chi connectivity index (χ0v) is 18.0. The van der Waals surface area contributed by atoms with Gasteiger partial charge in [-0.15, -0.1) is 11.3 Å². The number of hydrogen-bond donors (Lipinski definition) is 1. The summed E-state index contributed by atoms with van der Waals surface area (Å²) in [6.45, 7) is 5.08. The van der Waals surface area contributed by atoms with Crippen molar-refractivity contribution in [2.24, 2.45) is 0 Å². The summed E-state index contributed by atoms with van der Waals surface area (Å²) in [7, 11) is 1.57. The van der Waals surface area contributed by atoms with E-state index >= 15 is 0 Å². The largest absolute Gasteiger partial charge is 0.493 e. The van der Waals surface area contributed by atoms with Crippen molar-refractivity contribution in [3.8, 4) is 22.1 Å². The lowest BCUT2D eigenvalue weighted by Gasteiger charge is -2.15. The molecule has 10 heteroatoms. The van der Waals surface area contributed by atoms with Crippen molar-refractivity contribution < 1.29 is 28.6 Å². The number of nitrogens with one attached hydrogen (secondary N) is 1. The number of rotatable bonds is 8. The van der Waals surface area contributed by atoms with E-state index < -0.39 is 30.0 Å². The summed E-state index contributed by atoms with van der Waals surface area (Å²) >= 11 is 1.40. The number of carbonyl (C=O) groups excluding carboxylic acids is 3. The molecule has 0 atom stereocenters. The van der Waals surface area contributed by atoms with Gasteiger partial charge in [0.1, 0.15) is 23.7 Å². The summed E-state index contributed by atoms with van der Waals surface area (Å²) in [5, 5.41) is 5.03. The fourth-order valence-corrected chi connectivity index (χ4v) is 3.67. The van der Waals surface area contributed by atoms with Crippen LogP contribution in [-0.4, -0.2) is 53.6 Å². The number of ether oxygens (including phenoxy) is 3. The molecule has 1 N–H and O–H groups in total. The van der Waals surface area contributed by atoms with Gasteiger partial charge in [0.05, 0.1) is 19.4 Å². The van der Waals surface area contributed by atoms with E-state index in [1.807, 2.05) is 25.1 Å². The molecule has 3 amide bonds. The number of nitrogens with zero attached hydrogens (tertiary/aromatic N) is 2. The third kappa shape index (κ3) is 4.54. The van der Waals surface area contributed by atoms with E-state index in [1.165, 1.54) is 11.3 Å². The van der Waals surface area contributed by atoms with Gasteiger partial charge in [-0.2, -0.15) is 0 Å². The van der Waals surface area contributed by atoms with E-state index in [0.717, 1.165) is 15.5 Å². The smallest absolute Gasteiger partial charge is 0.326 e. The lowest BCUT2D eigenvalue weighted by atomic mass is 10.1. The van der Waals surface area contributed by atoms with Crippen LogP contribution in [0.1, 0.15) is 26.5 Å². The lowest BCUT2D eigenvalue weighted by molar-refractivity contribution is -0.148. The van der Waals surface area contributed by atoms with Crippen molar-refractivity contribution in [1.82, 2.24) is 15.2 Å². The van der Waals surface area contributed by atoms with Crippen LogP contribution in [0.2, 0.25) is 0 Å². The molecule has 2 heterocycles. The summed E-state index contributed by atoms with van der Waals surface area (Å²) in [4.78, 5) is 41.4. The van der Waals surface area contributed by atoms with E-state index in [0.29, 0.717) is 23.8 Å². The average Bonchev–Trinajstić information content (AvgIpc) is 3.25. The third-order valence-electron chi connectivity index (χ3n) is 4.37. The van der Waals surface area contributed by atoms with E-state index in [1.54, 1.807) is 26.3 Å². The maximum absolute atomic E-state index is 12.1. The molecule has 1 fully saturated rings. The van der Waals surface area contributed by atoms with E-state index in [-0.39, 0.29) is 6.61 Å². The van der Waals surface area contributed by atoms with Crippen LogP contribution in [0.25, 0.3) is 10.6 Å². The number of hydrogen-bond acceptors (Lipinski definition) is 8. The summed E-state index contributed by atoms with van der Waals surface area (Å²) in [5.41, 5.74) is 0.383. The van der Waals surface area contributed by atoms with Gasteiger partial charge in [-0.05, 0) is 39.0 Å². The number of methoxy groups -OCH3 is 1. The first-order valence-electron chi connectivity index (χ1n) is 9.30. The van der Waals surface area contributed by atoms with Crippen LogP contribution < -0.4 is 14.8 Å². The predicted octanol–water partition coefficient (Wildman–Crippen LogP) is 2.59. The fourth-order valence-electron chi connectivity index (χ4n) is 2.87. The molecule has 1 aromatic heterocycles. The molecular formula is C20H23N3O6S. The van der Waals surface area contributed by atoms with Gasteiger partial charge >= 0.3 is 12.0 Å². The second kappa shape index (κ2) is 8.70. The van der Waals surface area contributed by atoms with Crippen molar-refractivity contribution in [3.63, 3.8) is 0 Å². The second-order valence-electron chi connectivity index (χ2n) is 7.05. The topological polar surface area (TPSA) is 107 Å². The first-order valence-corrected chi connectivity index (χ1v) is 10.2. The molecule has 30 heavy (non-hydrogen) atoms. The minimum Gasteiger partial charge on any atom is -0.493 e. The molecule has 1 aromatic carbocycles. The molecule has 0 saturated carbocycles. The van der Waals surface area contributed by atoms with Crippen LogP contribution in [-0.2, 0) is 20.9 Å². The molecule has 0 unspecified atom stereocenters. The summed E-state index contributed by atoms with van der Waals surface area (Å²) in [6, 6.07) is 4.92. The van der Waals surface area contributed by atoms with Crippen LogP contribution >= 0.6 is 11.3 Å². The minimum atomic E-state index is -1.03. The Hall–Kier alpha value is -3.14. The van der Waals surface area contributed by atoms with Crippen LogP contribution in [0.15, 0.2) is 23.6 Å². The number of urea groups is 1. The number of carbonyl (C=O) groups is 3. The number of thiazole rings is 1. The molecule has 0 spiro atoms. The van der Waals surface area contributed by atoms with Crippen LogP contribution in [0, 0.1) is 0 Å². The highest BCUT2D eigenvalue weighted by Crippen LogP contribution is 2.33. The molecule has 1 saturated heterocycles. The minimum absolute atomic E-state index is 0.0590. The summed E-state index contributed by atoms with van der Waals surface area (Å²) < 4.78 is 16.1. The van der Waals surface area contributed by atoms with Gasteiger partial charge in [0, 0.05) is 10.9 Å². The molecular weight excluding hydrogens is 410 g/mol. The maximum Gasteiger partial charge on any atom is 0.326 e. The SMILES string of the molecule is CCOc1ccc(-c2nc(COC(=O)CN3C(=O)NC(C)(C)C3=O)cs2)cc1OC. The molecule has 0 aliphatic carbocycles. The molecule has 3 rings (SSSR count). The van der Waals surface area contributed by atoms with E-state index in [2.05, 4.69) is 10.3 Å². The Labute approximate surface area is 177 Å². The first-order chi connectivity index (χ1) is 14.2. The lowest BCUT2D eigenvalue weighted by Crippen LogP contribution is -2.41. The second-order valence-corrected chi connectivity index (χ2v) is 7.91. The summed E-state index contributed by atoms with van der Waals surface area (Å²) in [6.07, 6.45) is 0. The van der Waals surface area contributed by atoms with Crippen molar-refractivity contribution in [3.05, 3.63) is 29.3 Å². The third-order valence-corrected chi connectivity index (χ3v) is 5.31. The van der Waals surface area contributed by atoms with E-state index in [4.69, 9.17) is 14.2 Å². The quantitative estimate of drug-likeness (QED) is 0.504. The normalized spacial score (nSPS) is 15.1. The molecule has 1 aliphatic heterocycles. The number of benzene rings is 1. The van der Waals surface area contributed by atoms with Crippen LogP contribution in [0.4, 0.5) is 4.79 Å². The Kier molecular flexibility index (Phi) is 6.25. The Morgan fingerprint density at radius 3 is 2.67 bits per heavy atom. The maximum atomic E-state index is 12.1. The van der Waals surface area contributed by atoms with Crippen LogP contribution in [0.3, 0.4) is 0 Å². The van der Waals surface area contributed by atoms with Gasteiger partial charge in [-0.3, -0.25) is 14.5 Å². The Bertz CT molecular complexity index is 971. The zero-order chi connectivity index (χ0) is 21.9. The van der Waals surface area contributed by atoms with Gasteiger partial charge in [-0.25, -0.2) is 9.78 Å². The first kappa shape index (κ1) is 21.6. The molecule has 2 aromatic rings. The molecule has 0 radical (unpaired) electrons. The highest BCUT2D eigenvalue weighted by atomic mass is 32.1. The predicted molar refractivity (Wildman–Crippen MR) is 109 cm³/mol. The number of esters is 1. The molecule has 0 bridgehead atoms. The Balaban J connectivity index is 1.60. The highest BCUT2D eigenvalue weighted by Gasteiger charge is 2.45. The van der Waals surface area contributed by atoms with Crippen molar-refractivity contribution >= 4 is 29.2 Å². The zero-order valence-electron chi connectivity index (χ0n) is 17.2. The van der Waals surface area contributed by atoms with Gasteiger partial charge in [-0.1, -0.05) is 0 Å². The summed E-state index contributed by atoms with van der Waals surface area (Å²) in [5.74, 6) is 0.102. The van der Waals surface area contributed by atoms with Crippen LogP contribution in [0.5, 0.6) is 11.5 Å². The Morgan fingerprint density at radius 2 is 2.03 bits per heavy atom.